The summed E-state index contributed by atoms with van der Waals surface area (Å²) in [5, 5.41) is 17.5. The minimum Gasteiger partial charge on any atom is -1.00 e. The fourth-order valence-electron chi connectivity index (χ4n) is 1.89. The van der Waals surface area contributed by atoms with Crippen molar-refractivity contribution in [3.05, 3.63) is 0 Å². The molecule has 0 aromatic carbocycles. The average molecular weight is 284 g/mol. The van der Waals surface area contributed by atoms with Gasteiger partial charge in [0.25, 0.3) is 0 Å². The van der Waals surface area contributed by atoms with E-state index in [0.29, 0.717) is 19.3 Å². The maximum Gasteiger partial charge on any atom is 1.00 e. The number of unbranched alkanes of at least 4 members (excludes halogenated alkanes) is 4. The number of carboxylic acids is 2. The van der Waals surface area contributed by atoms with E-state index in [0.717, 1.165) is 19.3 Å². The van der Waals surface area contributed by atoms with Gasteiger partial charge in [0.2, 0.25) is 0 Å². The summed E-state index contributed by atoms with van der Waals surface area (Å²) < 4.78 is 0. The molecule has 2 N–H and O–H groups in total. The molecule has 18 heavy (non-hydrogen) atoms. The van der Waals surface area contributed by atoms with E-state index in [1.165, 1.54) is 12.8 Å². The fraction of sp³-hybridized carbons (Fsp3) is 0.846. The Bertz CT molecular complexity index is 237. The molecule has 4 nitrogen and oxygen atoms in total. The summed E-state index contributed by atoms with van der Waals surface area (Å²) in [6.07, 6.45) is 7.26. The van der Waals surface area contributed by atoms with Crippen molar-refractivity contribution in [2.45, 2.75) is 64.7 Å². The van der Waals surface area contributed by atoms with Gasteiger partial charge < -0.3 is 11.6 Å². The van der Waals surface area contributed by atoms with Crippen molar-refractivity contribution in [3.63, 3.8) is 0 Å². The second kappa shape index (κ2) is 14.0. The smallest absolute Gasteiger partial charge is 1.00 e. The minimum atomic E-state index is -0.850. The number of rotatable bonds is 11. The number of aliphatic carboxylic acids is 2. The van der Waals surface area contributed by atoms with E-state index < -0.39 is 11.9 Å². The van der Waals surface area contributed by atoms with Crippen molar-refractivity contribution in [2.24, 2.45) is 5.92 Å². The molecule has 1 unspecified atom stereocenters. The molecule has 0 bridgehead atoms. The maximum atomic E-state index is 10.9. The van der Waals surface area contributed by atoms with E-state index in [1.54, 1.807) is 0 Å². The van der Waals surface area contributed by atoms with Gasteiger partial charge in [0, 0.05) is 6.42 Å². The molecular weight excluding hydrogens is 259 g/mol. The van der Waals surface area contributed by atoms with Crippen molar-refractivity contribution in [1.29, 1.82) is 0 Å². The Morgan fingerprint density at radius 3 is 2.06 bits per heavy atom. The van der Waals surface area contributed by atoms with Crippen LogP contribution in [0.5, 0.6) is 0 Å². The van der Waals surface area contributed by atoms with Crippen LogP contribution in [-0.2, 0) is 9.59 Å². The molecule has 0 rings (SSSR count). The fourth-order valence-corrected chi connectivity index (χ4v) is 1.89. The molecule has 5 heteroatoms. The first-order valence-corrected chi connectivity index (χ1v) is 6.52. The van der Waals surface area contributed by atoms with Gasteiger partial charge in [-0.2, -0.15) is 0 Å². The molecular formula is C13H25KO4. The first kappa shape index (κ1) is 20.9. The number of hydrogen-bond donors (Lipinski definition) is 2. The van der Waals surface area contributed by atoms with Crippen molar-refractivity contribution >= 4 is 11.9 Å². The predicted octanol–water partition coefficient (Wildman–Crippen LogP) is 0.419. The normalized spacial score (nSPS) is 11.6. The SMILES string of the molecule is CCCCCCCC(CCCC(=O)O)C(=O)O.[H-].[K+]. The van der Waals surface area contributed by atoms with Crippen LogP contribution >= 0.6 is 0 Å². The molecule has 0 radical (unpaired) electrons. The summed E-state index contributed by atoms with van der Waals surface area (Å²) in [4.78, 5) is 21.3. The van der Waals surface area contributed by atoms with Gasteiger partial charge in [-0.15, -0.1) is 0 Å². The zero-order chi connectivity index (χ0) is 13.1. The zero-order valence-electron chi connectivity index (χ0n) is 12.7. The third-order valence-electron chi connectivity index (χ3n) is 2.95. The maximum absolute atomic E-state index is 10.9. The predicted molar refractivity (Wildman–Crippen MR) is 67.1 cm³/mol. The van der Waals surface area contributed by atoms with Gasteiger partial charge in [0.15, 0.2) is 0 Å². The van der Waals surface area contributed by atoms with Crippen LogP contribution in [0.4, 0.5) is 0 Å². The quantitative estimate of drug-likeness (QED) is 0.426. The van der Waals surface area contributed by atoms with Crippen LogP contribution in [0.1, 0.15) is 66.1 Å². The topological polar surface area (TPSA) is 74.6 Å². The van der Waals surface area contributed by atoms with E-state index in [1.807, 2.05) is 0 Å². The van der Waals surface area contributed by atoms with Crippen molar-refractivity contribution in [3.8, 4) is 0 Å². The first-order chi connectivity index (χ1) is 8.07. The molecule has 0 saturated carbocycles. The van der Waals surface area contributed by atoms with E-state index in [4.69, 9.17) is 10.2 Å². The summed E-state index contributed by atoms with van der Waals surface area (Å²) in [7, 11) is 0. The summed E-state index contributed by atoms with van der Waals surface area (Å²) in [6.45, 7) is 2.14. The minimum absolute atomic E-state index is 0. The molecule has 0 aromatic heterocycles. The number of carboxylic acid groups (broad SMARTS) is 2. The second-order valence-corrected chi connectivity index (χ2v) is 4.52. The molecule has 0 spiro atoms. The van der Waals surface area contributed by atoms with Crippen molar-refractivity contribution < 1.29 is 72.6 Å². The van der Waals surface area contributed by atoms with Gasteiger partial charge in [0.1, 0.15) is 0 Å². The summed E-state index contributed by atoms with van der Waals surface area (Å²) in [6, 6.07) is 0. The Hall–Kier alpha value is 0.576. The van der Waals surface area contributed by atoms with Crippen LogP contribution in [0, 0.1) is 5.92 Å². The largest absolute Gasteiger partial charge is 1.00 e. The van der Waals surface area contributed by atoms with E-state index in [2.05, 4.69) is 6.92 Å². The van der Waals surface area contributed by atoms with Gasteiger partial charge in [-0.1, -0.05) is 39.0 Å². The van der Waals surface area contributed by atoms with Gasteiger partial charge in [-0.3, -0.25) is 9.59 Å². The molecule has 0 aliphatic rings. The Labute approximate surface area is 153 Å². The zero-order valence-corrected chi connectivity index (χ0v) is 14.8. The number of carbonyl (C=O) groups is 2. The Morgan fingerprint density at radius 1 is 1.00 bits per heavy atom. The standard InChI is InChI=1S/C13H24O4.K.H/c1-2-3-4-5-6-8-11(13(16)17)9-7-10-12(14)15;;/h11H,2-10H2,1H3,(H,14,15)(H,16,17);;/q;+1;-1. The van der Waals surface area contributed by atoms with Gasteiger partial charge in [-0.25, -0.2) is 0 Å². The molecule has 0 amide bonds. The van der Waals surface area contributed by atoms with E-state index in [9.17, 15) is 9.59 Å². The first-order valence-electron chi connectivity index (χ1n) is 6.52. The molecule has 1 atom stereocenters. The third kappa shape index (κ3) is 13.0. The van der Waals surface area contributed by atoms with Crippen LogP contribution in [0.25, 0.3) is 0 Å². The van der Waals surface area contributed by atoms with Gasteiger partial charge in [-0.05, 0) is 19.3 Å². The van der Waals surface area contributed by atoms with Crippen LogP contribution in [-0.4, -0.2) is 22.2 Å². The second-order valence-electron chi connectivity index (χ2n) is 4.52. The molecule has 0 aliphatic carbocycles. The average Bonchev–Trinajstić information content (AvgIpc) is 2.25. The molecule has 0 saturated heterocycles. The van der Waals surface area contributed by atoms with Gasteiger partial charge >= 0.3 is 63.3 Å². The Balaban J connectivity index is -0.00000128. The van der Waals surface area contributed by atoms with Gasteiger partial charge in [0.05, 0.1) is 5.92 Å². The third-order valence-corrected chi connectivity index (χ3v) is 2.95. The molecule has 0 aliphatic heterocycles. The van der Waals surface area contributed by atoms with Crippen LogP contribution in [0.2, 0.25) is 0 Å². The summed E-state index contributed by atoms with van der Waals surface area (Å²) in [5.74, 6) is -2.00. The van der Waals surface area contributed by atoms with Crippen molar-refractivity contribution in [1.82, 2.24) is 0 Å². The number of hydrogen-bond acceptors (Lipinski definition) is 2. The summed E-state index contributed by atoms with van der Waals surface area (Å²) in [5.41, 5.74) is 0. The van der Waals surface area contributed by atoms with Crippen LogP contribution in [0.15, 0.2) is 0 Å². The molecule has 0 fully saturated rings. The van der Waals surface area contributed by atoms with E-state index >= 15 is 0 Å². The molecule has 0 heterocycles. The van der Waals surface area contributed by atoms with Crippen LogP contribution < -0.4 is 51.4 Å². The monoisotopic (exact) mass is 284 g/mol. The van der Waals surface area contributed by atoms with E-state index in [-0.39, 0.29) is 65.1 Å². The van der Waals surface area contributed by atoms with Crippen molar-refractivity contribution in [2.75, 3.05) is 0 Å². The molecule has 0 aromatic rings. The Morgan fingerprint density at radius 2 is 1.56 bits per heavy atom. The molecule has 102 valence electrons. The van der Waals surface area contributed by atoms with Crippen LogP contribution in [0.3, 0.4) is 0 Å². The summed E-state index contributed by atoms with van der Waals surface area (Å²) >= 11 is 0. The Kier molecular flexibility index (Phi) is 16.2.